The van der Waals surface area contributed by atoms with Crippen LogP contribution in [0.15, 0.2) is 0 Å². The molecule has 1 nitrogen and oxygen atoms in total. The summed E-state index contributed by atoms with van der Waals surface area (Å²) < 4.78 is 80.9. The van der Waals surface area contributed by atoms with Crippen molar-refractivity contribution in [3.8, 4) is 0 Å². The third-order valence-electron chi connectivity index (χ3n) is 0.574. The Morgan fingerprint density at radius 2 is 1.17 bits per heavy atom. The van der Waals surface area contributed by atoms with Crippen molar-refractivity contribution in [2.45, 2.75) is 17.9 Å². The van der Waals surface area contributed by atoms with E-state index >= 15 is 0 Å². The number of hydrogen-bond acceptors (Lipinski definition) is 1. The van der Waals surface area contributed by atoms with Gasteiger partial charge in [0.2, 0.25) is 0 Å². The molecule has 0 aliphatic heterocycles. The minimum atomic E-state index is -6.22. The Morgan fingerprint density at radius 3 is 1.25 bits per heavy atom. The van der Waals surface area contributed by atoms with Crippen LogP contribution in [0.25, 0.3) is 0 Å². The first kappa shape index (κ1) is 11.8. The molecule has 0 saturated carbocycles. The summed E-state index contributed by atoms with van der Waals surface area (Å²) in [5, 5.41) is 0. The van der Waals surface area contributed by atoms with E-state index in [4.69, 9.17) is 0 Å². The summed E-state index contributed by atoms with van der Waals surface area (Å²) in [5.41, 5.74) is -5.06. The Balaban J connectivity index is 4.44. The summed E-state index contributed by atoms with van der Waals surface area (Å²) in [7, 11) is 0. The Kier molecular flexibility index (Phi) is 2.85. The molecule has 0 bridgehead atoms. The number of alkyl halides is 8. The fourth-order valence-corrected chi connectivity index (χ4v) is 0.300. The minimum Gasteiger partial charge on any atom is -0.234 e. The quantitative estimate of drug-likeness (QED) is 0.513. The molecule has 0 rings (SSSR count). The lowest BCUT2D eigenvalue weighted by Crippen LogP contribution is -2.42. The van der Waals surface area contributed by atoms with Crippen molar-refractivity contribution >= 4 is 11.6 Å². The summed E-state index contributed by atoms with van der Waals surface area (Å²) >= 11 is 3.69. The summed E-state index contributed by atoms with van der Waals surface area (Å²) in [6, 6.07) is 0. The first-order chi connectivity index (χ1) is 4.96. The zero-order valence-electron chi connectivity index (χ0n) is 4.93. The smallest absolute Gasteiger partial charge is 0.234 e. The van der Waals surface area contributed by atoms with Crippen LogP contribution in [0.2, 0.25) is 0 Å². The standard InChI is InChI=1S/C3ClF7O/c4-3(10,11)12-2(8,9)1(5,6)7. The molecule has 0 aromatic rings. The van der Waals surface area contributed by atoms with Crippen molar-refractivity contribution in [1.29, 1.82) is 0 Å². The number of halogens is 8. The average molecular weight is 220 g/mol. The van der Waals surface area contributed by atoms with E-state index in [0.717, 1.165) is 0 Å². The summed E-state index contributed by atoms with van der Waals surface area (Å²) in [6.07, 6.45) is -12.2. The highest BCUT2D eigenvalue weighted by molar-refractivity contribution is 6.20. The van der Waals surface area contributed by atoms with Gasteiger partial charge in [0, 0.05) is 0 Å². The average Bonchev–Trinajstić information content (AvgIpc) is 1.52. The van der Waals surface area contributed by atoms with Gasteiger partial charge in [0.05, 0.1) is 0 Å². The van der Waals surface area contributed by atoms with E-state index in [9.17, 15) is 30.7 Å². The maximum atomic E-state index is 11.5. The molecular weight excluding hydrogens is 220 g/mol. The molecule has 9 heteroatoms. The van der Waals surface area contributed by atoms with Gasteiger partial charge in [-0.05, 0) is 11.6 Å². The number of hydrogen-bond donors (Lipinski definition) is 0. The van der Waals surface area contributed by atoms with Gasteiger partial charge in [-0.2, -0.15) is 30.7 Å². The van der Waals surface area contributed by atoms with Gasteiger partial charge < -0.3 is 0 Å². The second-order valence-corrected chi connectivity index (χ2v) is 2.00. The second kappa shape index (κ2) is 2.91. The predicted molar refractivity (Wildman–Crippen MR) is 22.9 cm³/mol. The monoisotopic (exact) mass is 220 g/mol. The maximum Gasteiger partial charge on any atom is 0.483 e. The fraction of sp³-hybridized carbons (Fsp3) is 1.00. The zero-order valence-corrected chi connectivity index (χ0v) is 5.69. The van der Waals surface area contributed by atoms with Gasteiger partial charge in [-0.25, -0.2) is 4.74 Å². The van der Waals surface area contributed by atoms with Gasteiger partial charge in [-0.1, -0.05) is 0 Å². The zero-order chi connectivity index (χ0) is 10.2. The van der Waals surface area contributed by atoms with E-state index in [1.54, 1.807) is 0 Å². The Bertz CT molecular complexity index is 157. The van der Waals surface area contributed by atoms with Crippen molar-refractivity contribution in [3.05, 3.63) is 0 Å². The highest BCUT2D eigenvalue weighted by atomic mass is 35.5. The molecule has 0 unspecified atom stereocenters. The molecule has 0 fully saturated rings. The summed E-state index contributed by atoms with van der Waals surface area (Å²) in [4.78, 5) is 0. The molecule has 0 N–H and O–H groups in total. The van der Waals surface area contributed by atoms with Crippen molar-refractivity contribution in [3.63, 3.8) is 0 Å². The van der Waals surface area contributed by atoms with Crippen LogP contribution in [-0.2, 0) is 4.74 Å². The van der Waals surface area contributed by atoms with Gasteiger partial charge in [-0.15, -0.1) is 0 Å². The van der Waals surface area contributed by atoms with Crippen LogP contribution < -0.4 is 0 Å². The van der Waals surface area contributed by atoms with Crippen LogP contribution in [0, 0.1) is 0 Å². The van der Waals surface area contributed by atoms with Crippen LogP contribution in [0.1, 0.15) is 0 Å². The lowest BCUT2D eigenvalue weighted by atomic mass is 10.6. The van der Waals surface area contributed by atoms with Crippen LogP contribution >= 0.6 is 11.6 Å². The van der Waals surface area contributed by atoms with Crippen molar-refractivity contribution in [1.82, 2.24) is 0 Å². The SMILES string of the molecule is FC(F)(Cl)OC(F)(F)C(F)(F)F. The van der Waals surface area contributed by atoms with E-state index in [1.165, 1.54) is 0 Å². The van der Waals surface area contributed by atoms with Crippen molar-refractivity contribution in [2.24, 2.45) is 0 Å². The second-order valence-electron chi connectivity index (χ2n) is 1.56. The molecule has 0 amide bonds. The van der Waals surface area contributed by atoms with Gasteiger partial charge in [0.25, 0.3) is 0 Å². The molecule has 0 heterocycles. The first-order valence-electron chi connectivity index (χ1n) is 2.17. The fourth-order valence-electron chi connectivity index (χ4n) is 0.203. The van der Waals surface area contributed by atoms with Gasteiger partial charge in [0.1, 0.15) is 0 Å². The molecule has 74 valence electrons. The van der Waals surface area contributed by atoms with E-state index in [1.807, 2.05) is 4.74 Å². The molecule has 0 spiro atoms. The predicted octanol–water partition coefficient (Wildman–Crippen LogP) is 2.95. The molecule has 0 saturated heterocycles. The van der Waals surface area contributed by atoms with Crippen LogP contribution in [0.5, 0.6) is 0 Å². The molecule has 12 heavy (non-hydrogen) atoms. The lowest BCUT2D eigenvalue weighted by Gasteiger charge is -2.21. The largest absolute Gasteiger partial charge is 0.483 e. The Labute approximate surface area is 66.0 Å². The molecule has 0 aliphatic rings. The van der Waals surface area contributed by atoms with Gasteiger partial charge in [-0.3, -0.25) is 0 Å². The number of rotatable bonds is 2. The van der Waals surface area contributed by atoms with Gasteiger partial charge >= 0.3 is 17.9 Å². The highest BCUT2D eigenvalue weighted by Gasteiger charge is 2.63. The topological polar surface area (TPSA) is 9.23 Å². The van der Waals surface area contributed by atoms with E-state index in [0.29, 0.717) is 0 Å². The molecule has 0 aliphatic carbocycles. The van der Waals surface area contributed by atoms with Crippen LogP contribution in [-0.4, -0.2) is 17.9 Å². The summed E-state index contributed by atoms with van der Waals surface area (Å²) in [6.45, 7) is 0. The molecule has 0 aromatic carbocycles. The van der Waals surface area contributed by atoms with Crippen molar-refractivity contribution < 1.29 is 35.5 Å². The third-order valence-corrected chi connectivity index (χ3v) is 0.651. The number of ether oxygens (including phenoxy) is 1. The minimum absolute atomic E-state index is 1.96. The first-order valence-corrected chi connectivity index (χ1v) is 2.55. The molecule has 0 aromatic heterocycles. The summed E-state index contributed by atoms with van der Waals surface area (Å²) in [5.74, 6) is 0. The van der Waals surface area contributed by atoms with Gasteiger partial charge in [0.15, 0.2) is 0 Å². The normalized spacial score (nSPS) is 15.0. The Morgan fingerprint density at radius 1 is 0.833 bits per heavy atom. The van der Waals surface area contributed by atoms with Crippen LogP contribution in [0.3, 0.4) is 0 Å². The Hall–Kier alpha value is -0.240. The molecular formula is C3ClF7O. The van der Waals surface area contributed by atoms with E-state index in [2.05, 4.69) is 11.6 Å². The molecule has 0 radical (unpaired) electrons. The maximum absolute atomic E-state index is 11.5. The van der Waals surface area contributed by atoms with Crippen molar-refractivity contribution in [2.75, 3.05) is 0 Å². The third kappa shape index (κ3) is 3.44. The van der Waals surface area contributed by atoms with E-state index < -0.39 is 17.9 Å². The highest BCUT2D eigenvalue weighted by Crippen LogP contribution is 2.41. The van der Waals surface area contributed by atoms with Crippen LogP contribution in [0.4, 0.5) is 30.7 Å². The lowest BCUT2D eigenvalue weighted by molar-refractivity contribution is -0.437. The van der Waals surface area contributed by atoms with E-state index in [-0.39, 0.29) is 0 Å². The molecule has 0 atom stereocenters.